The number of rotatable bonds is 7. The lowest BCUT2D eigenvalue weighted by Gasteiger charge is -2.09. The smallest absolute Gasteiger partial charge is 0.183 e. The highest BCUT2D eigenvalue weighted by atomic mass is 32.2. The summed E-state index contributed by atoms with van der Waals surface area (Å²) in [6.45, 7) is 0. The van der Waals surface area contributed by atoms with E-state index in [1.807, 2.05) is 72.8 Å². The summed E-state index contributed by atoms with van der Waals surface area (Å²) in [6.07, 6.45) is 2.73. The van der Waals surface area contributed by atoms with Gasteiger partial charge in [0.15, 0.2) is 9.84 Å². The molecule has 3 rings (SSSR count). The Morgan fingerprint density at radius 1 is 0.769 bits per heavy atom. The van der Waals surface area contributed by atoms with Gasteiger partial charge >= 0.3 is 0 Å². The van der Waals surface area contributed by atoms with Crippen LogP contribution in [0.2, 0.25) is 0 Å². The summed E-state index contributed by atoms with van der Waals surface area (Å²) in [5.74, 6) is 0.00338. The highest BCUT2D eigenvalue weighted by molar-refractivity contribution is 8.04. The summed E-state index contributed by atoms with van der Waals surface area (Å²) in [4.78, 5) is 2.23. The molecule has 4 heteroatoms. The second-order valence-electron chi connectivity index (χ2n) is 5.85. The molecule has 0 aliphatic rings. The predicted molar refractivity (Wildman–Crippen MR) is 109 cm³/mol. The molecule has 0 bridgehead atoms. The summed E-state index contributed by atoms with van der Waals surface area (Å²) in [6, 6.07) is 28.6. The van der Waals surface area contributed by atoms with Crippen LogP contribution in [0.25, 0.3) is 0 Å². The minimum absolute atomic E-state index is 0.00338. The van der Waals surface area contributed by atoms with Crippen molar-refractivity contribution in [2.75, 3.05) is 5.75 Å². The Morgan fingerprint density at radius 3 is 1.92 bits per heavy atom. The third-order valence-electron chi connectivity index (χ3n) is 3.84. The predicted octanol–water partition coefficient (Wildman–Crippen LogP) is 5.38. The SMILES string of the molecule is O=S(=O)(C/C(=C\Cc1ccccc1)Sc1ccccc1)c1ccccc1. The van der Waals surface area contributed by atoms with Gasteiger partial charge in [-0.15, -0.1) is 0 Å². The maximum Gasteiger partial charge on any atom is 0.183 e. The first-order chi connectivity index (χ1) is 12.6. The molecule has 0 saturated carbocycles. The molecule has 2 nitrogen and oxygen atoms in total. The van der Waals surface area contributed by atoms with Crippen LogP contribution in [-0.2, 0) is 16.3 Å². The van der Waals surface area contributed by atoms with Gasteiger partial charge in [0.2, 0.25) is 0 Å². The normalized spacial score (nSPS) is 12.1. The van der Waals surface area contributed by atoms with Crippen LogP contribution >= 0.6 is 11.8 Å². The van der Waals surface area contributed by atoms with Crippen molar-refractivity contribution in [2.45, 2.75) is 16.2 Å². The van der Waals surface area contributed by atoms with Gasteiger partial charge in [0.25, 0.3) is 0 Å². The second-order valence-corrected chi connectivity index (χ2v) is 9.04. The van der Waals surface area contributed by atoms with Crippen molar-refractivity contribution in [3.8, 4) is 0 Å². The van der Waals surface area contributed by atoms with Crippen molar-refractivity contribution in [1.29, 1.82) is 0 Å². The van der Waals surface area contributed by atoms with E-state index >= 15 is 0 Å². The van der Waals surface area contributed by atoms with Gasteiger partial charge in [-0.1, -0.05) is 84.6 Å². The number of allylic oxidation sites excluding steroid dienone is 1. The average Bonchev–Trinajstić information content (AvgIpc) is 2.68. The lowest BCUT2D eigenvalue weighted by molar-refractivity contribution is 0.598. The number of benzene rings is 3. The Kier molecular flexibility index (Phi) is 6.31. The van der Waals surface area contributed by atoms with Crippen molar-refractivity contribution in [3.63, 3.8) is 0 Å². The van der Waals surface area contributed by atoms with Crippen LogP contribution in [0.3, 0.4) is 0 Å². The number of thioether (sulfide) groups is 1. The molecule has 0 spiro atoms. The highest BCUT2D eigenvalue weighted by Crippen LogP contribution is 2.29. The Labute approximate surface area is 159 Å². The van der Waals surface area contributed by atoms with Crippen LogP contribution in [0.15, 0.2) is 112 Å². The van der Waals surface area contributed by atoms with E-state index in [0.717, 1.165) is 15.4 Å². The third kappa shape index (κ3) is 5.35. The molecule has 0 heterocycles. The number of hydrogen-bond acceptors (Lipinski definition) is 3. The molecule has 0 aliphatic carbocycles. The van der Waals surface area contributed by atoms with E-state index in [1.54, 1.807) is 24.3 Å². The zero-order chi connectivity index (χ0) is 18.2. The molecule has 3 aromatic rings. The summed E-state index contributed by atoms with van der Waals surface area (Å²) in [5.41, 5.74) is 1.16. The van der Waals surface area contributed by atoms with E-state index in [0.29, 0.717) is 11.3 Å². The molecule has 0 aromatic heterocycles. The van der Waals surface area contributed by atoms with Crippen molar-refractivity contribution in [1.82, 2.24) is 0 Å². The van der Waals surface area contributed by atoms with E-state index in [9.17, 15) is 8.42 Å². The molecule has 0 amide bonds. The van der Waals surface area contributed by atoms with Crippen molar-refractivity contribution >= 4 is 21.6 Å². The maximum absolute atomic E-state index is 12.8. The maximum atomic E-state index is 12.8. The Hall–Kier alpha value is -2.30. The van der Waals surface area contributed by atoms with Gasteiger partial charge in [-0.05, 0) is 36.2 Å². The molecule has 0 fully saturated rings. The Morgan fingerprint density at radius 2 is 1.31 bits per heavy atom. The lowest BCUT2D eigenvalue weighted by atomic mass is 10.1. The first-order valence-electron chi connectivity index (χ1n) is 8.37. The highest BCUT2D eigenvalue weighted by Gasteiger charge is 2.17. The molecule has 0 unspecified atom stereocenters. The Balaban J connectivity index is 1.85. The van der Waals surface area contributed by atoms with Gasteiger partial charge in [-0.3, -0.25) is 0 Å². The lowest BCUT2D eigenvalue weighted by Crippen LogP contribution is -2.08. The average molecular weight is 381 g/mol. The zero-order valence-electron chi connectivity index (χ0n) is 14.3. The van der Waals surface area contributed by atoms with Crippen molar-refractivity contribution < 1.29 is 8.42 Å². The molecule has 0 saturated heterocycles. The fourth-order valence-electron chi connectivity index (χ4n) is 2.51. The summed E-state index contributed by atoms with van der Waals surface area (Å²) in [5, 5.41) is 0. The molecule has 26 heavy (non-hydrogen) atoms. The van der Waals surface area contributed by atoms with E-state index < -0.39 is 9.84 Å². The van der Waals surface area contributed by atoms with Gasteiger partial charge in [0, 0.05) is 9.80 Å². The summed E-state index contributed by atoms with van der Waals surface area (Å²) >= 11 is 1.51. The molecular formula is C22H20O2S2. The fourth-order valence-corrected chi connectivity index (χ4v) is 5.21. The third-order valence-corrected chi connectivity index (χ3v) is 6.78. The van der Waals surface area contributed by atoms with Crippen LogP contribution in [0, 0.1) is 0 Å². The topological polar surface area (TPSA) is 34.1 Å². The molecule has 132 valence electrons. The monoisotopic (exact) mass is 380 g/mol. The standard InChI is InChI=1S/C22H20O2S2/c23-26(24,22-14-8-3-9-15-22)18-21(25-20-12-6-2-7-13-20)17-16-19-10-4-1-5-11-19/h1-15,17H,16,18H2/b21-17+. The minimum atomic E-state index is -3.37. The van der Waals surface area contributed by atoms with Gasteiger partial charge in [-0.25, -0.2) is 8.42 Å². The Bertz CT molecular complexity index is 949. The van der Waals surface area contributed by atoms with Crippen LogP contribution in [0.4, 0.5) is 0 Å². The fraction of sp³-hybridized carbons (Fsp3) is 0.0909. The molecule has 0 aliphatic heterocycles. The van der Waals surface area contributed by atoms with Crippen LogP contribution in [0.5, 0.6) is 0 Å². The molecular weight excluding hydrogens is 360 g/mol. The summed E-state index contributed by atoms with van der Waals surface area (Å²) < 4.78 is 25.6. The van der Waals surface area contributed by atoms with E-state index in [1.165, 1.54) is 11.8 Å². The summed E-state index contributed by atoms with van der Waals surface area (Å²) in [7, 11) is -3.37. The molecule has 0 N–H and O–H groups in total. The minimum Gasteiger partial charge on any atom is -0.223 e. The molecule has 0 radical (unpaired) electrons. The van der Waals surface area contributed by atoms with Gasteiger partial charge in [-0.2, -0.15) is 0 Å². The van der Waals surface area contributed by atoms with Crippen LogP contribution in [0.1, 0.15) is 5.56 Å². The number of hydrogen-bond donors (Lipinski definition) is 0. The first kappa shape index (κ1) is 18.5. The van der Waals surface area contributed by atoms with Crippen molar-refractivity contribution in [3.05, 3.63) is 108 Å². The van der Waals surface area contributed by atoms with Gasteiger partial charge < -0.3 is 0 Å². The van der Waals surface area contributed by atoms with Crippen molar-refractivity contribution in [2.24, 2.45) is 0 Å². The van der Waals surface area contributed by atoms with E-state index in [-0.39, 0.29) is 5.75 Å². The quantitative estimate of drug-likeness (QED) is 0.516. The second kappa shape index (κ2) is 8.88. The molecule has 3 aromatic carbocycles. The molecule has 0 atom stereocenters. The van der Waals surface area contributed by atoms with Gasteiger partial charge in [0.05, 0.1) is 10.6 Å². The largest absolute Gasteiger partial charge is 0.223 e. The van der Waals surface area contributed by atoms with Crippen LogP contribution < -0.4 is 0 Å². The first-order valence-corrected chi connectivity index (χ1v) is 10.8. The van der Waals surface area contributed by atoms with Gasteiger partial charge in [0.1, 0.15) is 0 Å². The zero-order valence-corrected chi connectivity index (χ0v) is 15.9. The van der Waals surface area contributed by atoms with E-state index in [4.69, 9.17) is 0 Å². The van der Waals surface area contributed by atoms with E-state index in [2.05, 4.69) is 0 Å². The van der Waals surface area contributed by atoms with Crippen LogP contribution in [-0.4, -0.2) is 14.2 Å². The number of sulfone groups is 1.